The van der Waals surface area contributed by atoms with Gasteiger partial charge < -0.3 is 19.2 Å². The van der Waals surface area contributed by atoms with E-state index in [1.807, 2.05) is 18.2 Å². The molecule has 26 heavy (non-hydrogen) atoms. The summed E-state index contributed by atoms with van der Waals surface area (Å²) in [5, 5.41) is 10.8. The molecule has 0 unspecified atom stereocenters. The van der Waals surface area contributed by atoms with Gasteiger partial charge in [0.2, 0.25) is 11.8 Å². The number of benzene rings is 1. The van der Waals surface area contributed by atoms with E-state index in [1.165, 1.54) is 24.8 Å². The monoisotopic (exact) mass is 356 g/mol. The van der Waals surface area contributed by atoms with Crippen LogP contribution in [-0.4, -0.2) is 36.4 Å². The van der Waals surface area contributed by atoms with Gasteiger partial charge in [-0.05, 0) is 24.3 Å². The molecule has 1 aliphatic carbocycles. The Labute approximate surface area is 155 Å². The van der Waals surface area contributed by atoms with Crippen molar-refractivity contribution < 1.29 is 14.3 Å². The molecular formula is C21H28N2O3. The fourth-order valence-corrected chi connectivity index (χ4v) is 4.06. The number of hydrogen-bond donors (Lipinski definition) is 1. The van der Waals surface area contributed by atoms with Gasteiger partial charge in [-0.25, -0.2) is 4.98 Å². The van der Waals surface area contributed by atoms with Gasteiger partial charge in [0.1, 0.15) is 11.8 Å². The molecule has 0 radical (unpaired) electrons. The number of aliphatic hydroxyl groups excluding tert-OH is 1. The molecule has 1 atom stereocenters. The SMILES string of the molecule is O[C@H](c1nc(Cc2ccccc2)c(N2CCOCC2)o1)C1CCCCC1. The third-order valence-corrected chi connectivity index (χ3v) is 5.56. The van der Waals surface area contributed by atoms with Crippen LogP contribution in [0.3, 0.4) is 0 Å². The van der Waals surface area contributed by atoms with Crippen LogP contribution in [0.4, 0.5) is 5.88 Å². The fraction of sp³-hybridized carbons (Fsp3) is 0.571. The number of rotatable bonds is 5. The molecule has 2 aromatic rings. The highest BCUT2D eigenvalue weighted by Crippen LogP contribution is 2.36. The highest BCUT2D eigenvalue weighted by atomic mass is 16.5. The first-order chi connectivity index (χ1) is 12.8. The first-order valence-electron chi connectivity index (χ1n) is 9.85. The van der Waals surface area contributed by atoms with Crippen molar-refractivity contribution in [2.75, 3.05) is 31.2 Å². The van der Waals surface area contributed by atoms with Crippen LogP contribution in [0.15, 0.2) is 34.7 Å². The van der Waals surface area contributed by atoms with Gasteiger partial charge in [-0.15, -0.1) is 0 Å². The smallest absolute Gasteiger partial charge is 0.226 e. The Bertz CT molecular complexity index is 689. The van der Waals surface area contributed by atoms with Gasteiger partial charge in [0.15, 0.2) is 0 Å². The van der Waals surface area contributed by atoms with E-state index in [0.717, 1.165) is 37.5 Å². The molecule has 1 aromatic heterocycles. The van der Waals surface area contributed by atoms with Crippen LogP contribution in [0.5, 0.6) is 0 Å². The van der Waals surface area contributed by atoms with Crippen molar-refractivity contribution in [1.29, 1.82) is 0 Å². The summed E-state index contributed by atoms with van der Waals surface area (Å²) in [6, 6.07) is 10.3. The summed E-state index contributed by atoms with van der Waals surface area (Å²) in [6.45, 7) is 3.00. The minimum Gasteiger partial charge on any atom is -0.422 e. The average Bonchev–Trinajstić information content (AvgIpc) is 3.13. The van der Waals surface area contributed by atoms with E-state index in [4.69, 9.17) is 14.1 Å². The normalized spacial score (nSPS) is 20.3. The molecule has 0 bridgehead atoms. The number of anilines is 1. The Balaban J connectivity index is 1.60. The van der Waals surface area contributed by atoms with Gasteiger partial charge in [-0.1, -0.05) is 49.6 Å². The van der Waals surface area contributed by atoms with Crippen molar-refractivity contribution in [2.24, 2.45) is 5.92 Å². The molecule has 2 aliphatic rings. The van der Waals surface area contributed by atoms with Gasteiger partial charge >= 0.3 is 0 Å². The van der Waals surface area contributed by atoms with Crippen molar-refractivity contribution in [1.82, 2.24) is 4.98 Å². The topological polar surface area (TPSA) is 58.7 Å². The number of nitrogens with zero attached hydrogens (tertiary/aromatic N) is 2. The second-order valence-electron chi connectivity index (χ2n) is 7.41. The zero-order valence-corrected chi connectivity index (χ0v) is 15.3. The molecule has 1 N–H and O–H groups in total. The molecule has 1 aliphatic heterocycles. The second kappa shape index (κ2) is 8.23. The van der Waals surface area contributed by atoms with Gasteiger partial charge in [0, 0.05) is 19.5 Å². The summed E-state index contributed by atoms with van der Waals surface area (Å²) < 4.78 is 11.6. The lowest BCUT2D eigenvalue weighted by atomic mass is 9.85. The summed E-state index contributed by atoms with van der Waals surface area (Å²) in [6.07, 6.45) is 5.89. The summed E-state index contributed by atoms with van der Waals surface area (Å²) in [4.78, 5) is 6.96. The summed E-state index contributed by atoms with van der Waals surface area (Å²) >= 11 is 0. The first-order valence-corrected chi connectivity index (χ1v) is 9.85. The van der Waals surface area contributed by atoms with Crippen LogP contribution in [0, 0.1) is 5.92 Å². The van der Waals surface area contributed by atoms with Crippen LogP contribution in [0.1, 0.15) is 55.4 Å². The summed E-state index contributed by atoms with van der Waals surface area (Å²) in [5.41, 5.74) is 2.12. The number of oxazole rings is 1. The number of aromatic nitrogens is 1. The van der Waals surface area contributed by atoms with E-state index in [1.54, 1.807) is 0 Å². The van der Waals surface area contributed by atoms with Crippen LogP contribution in [0.2, 0.25) is 0 Å². The van der Waals surface area contributed by atoms with Gasteiger partial charge in [0.25, 0.3) is 0 Å². The summed E-state index contributed by atoms with van der Waals surface area (Å²) in [7, 11) is 0. The standard InChI is InChI=1S/C21H28N2O3/c24-19(17-9-5-2-6-10-17)20-22-18(15-16-7-3-1-4-8-16)21(26-20)23-11-13-25-14-12-23/h1,3-4,7-8,17,19,24H,2,5-6,9-15H2/t19-/m0/s1. The Hall–Kier alpha value is -1.85. The number of ether oxygens (including phenoxy) is 1. The predicted molar refractivity (Wildman–Crippen MR) is 100 cm³/mol. The van der Waals surface area contributed by atoms with Crippen molar-refractivity contribution in [2.45, 2.75) is 44.6 Å². The van der Waals surface area contributed by atoms with E-state index in [0.29, 0.717) is 25.5 Å². The van der Waals surface area contributed by atoms with Crippen LogP contribution < -0.4 is 4.90 Å². The zero-order chi connectivity index (χ0) is 17.8. The van der Waals surface area contributed by atoms with E-state index in [2.05, 4.69) is 17.0 Å². The maximum Gasteiger partial charge on any atom is 0.226 e. The zero-order valence-electron chi connectivity index (χ0n) is 15.3. The number of morpholine rings is 1. The molecule has 1 saturated carbocycles. The van der Waals surface area contributed by atoms with E-state index < -0.39 is 6.10 Å². The molecule has 0 spiro atoms. The van der Waals surface area contributed by atoms with Crippen molar-refractivity contribution >= 4 is 5.88 Å². The fourth-order valence-electron chi connectivity index (χ4n) is 4.06. The predicted octanol–water partition coefficient (Wildman–Crippen LogP) is 3.72. The Kier molecular flexibility index (Phi) is 5.56. The summed E-state index contributed by atoms with van der Waals surface area (Å²) in [5.74, 6) is 1.57. The highest BCUT2D eigenvalue weighted by Gasteiger charge is 2.30. The van der Waals surface area contributed by atoms with E-state index >= 15 is 0 Å². The Morgan fingerprint density at radius 2 is 1.81 bits per heavy atom. The lowest BCUT2D eigenvalue weighted by Crippen LogP contribution is -2.36. The quantitative estimate of drug-likeness (QED) is 0.885. The van der Waals surface area contributed by atoms with Crippen LogP contribution in [0.25, 0.3) is 0 Å². The van der Waals surface area contributed by atoms with Gasteiger partial charge in [0.05, 0.1) is 13.2 Å². The van der Waals surface area contributed by atoms with E-state index in [9.17, 15) is 5.11 Å². The maximum absolute atomic E-state index is 10.8. The molecule has 5 nitrogen and oxygen atoms in total. The molecular weight excluding hydrogens is 328 g/mol. The third kappa shape index (κ3) is 3.94. The number of aliphatic hydroxyl groups is 1. The second-order valence-corrected chi connectivity index (χ2v) is 7.41. The Morgan fingerprint density at radius 1 is 1.08 bits per heavy atom. The van der Waals surface area contributed by atoms with Crippen molar-refractivity contribution in [3.8, 4) is 0 Å². The number of hydrogen-bond acceptors (Lipinski definition) is 5. The average molecular weight is 356 g/mol. The lowest BCUT2D eigenvalue weighted by molar-refractivity contribution is 0.0605. The van der Waals surface area contributed by atoms with Crippen LogP contribution >= 0.6 is 0 Å². The molecule has 1 aromatic carbocycles. The first kappa shape index (κ1) is 17.6. The molecule has 140 valence electrons. The lowest BCUT2D eigenvalue weighted by Gasteiger charge is -2.27. The van der Waals surface area contributed by atoms with Gasteiger partial charge in [-0.3, -0.25) is 0 Å². The van der Waals surface area contributed by atoms with Crippen molar-refractivity contribution in [3.63, 3.8) is 0 Å². The third-order valence-electron chi connectivity index (χ3n) is 5.56. The molecule has 2 fully saturated rings. The maximum atomic E-state index is 10.8. The van der Waals surface area contributed by atoms with Crippen molar-refractivity contribution in [3.05, 3.63) is 47.5 Å². The molecule has 2 heterocycles. The largest absolute Gasteiger partial charge is 0.422 e. The van der Waals surface area contributed by atoms with E-state index in [-0.39, 0.29) is 5.92 Å². The highest BCUT2D eigenvalue weighted by molar-refractivity contribution is 5.44. The minimum absolute atomic E-state index is 0.268. The van der Waals surface area contributed by atoms with Gasteiger partial charge in [-0.2, -0.15) is 0 Å². The minimum atomic E-state index is -0.598. The van der Waals surface area contributed by atoms with Crippen LogP contribution in [-0.2, 0) is 11.2 Å². The Morgan fingerprint density at radius 3 is 2.54 bits per heavy atom. The molecule has 1 saturated heterocycles. The molecule has 4 rings (SSSR count). The molecule has 0 amide bonds. The molecule has 5 heteroatoms.